The van der Waals surface area contributed by atoms with E-state index in [1.165, 1.54) is 0 Å². The van der Waals surface area contributed by atoms with Crippen molar-refractivity contribution in [3.05, 3.63) is 82.8 Å². The molecule has 1 aliphatic rings. The van der Waals surface area contributed by atoms with Crippen LogP contribution in [0.15, 0.2) is 65.9 Å². The fourth-order valence-corrected chi connectivity index (χ4v) is 3.68. The van der Waals surface area contributed by atoms with Gasteiger partial charge in [0.1, 0.15) is 18.4 Å². The molecule has 1 amide bonds. The average molecular weight is 419 g/mol. The van der Waals surface area contributed by atoms with Crippen LogP contribution in [0.3, 0.4) is 0 Å². The van der Waals surface area contributed by atoms with E-state index in [9.17, 15) is 4.79 Å². The molecular weight excluding hydrogens is 394 g/mol. The molecule has 1 aliphatic heterocycles. The van der Waals surface area contributed by atoms with Crippen LogP contribution in [0.25, 0.3) is 0 Å². The molecule has 0 saturated heterocycles. The number of nitrogens with zero attached hydrogens (tertiary/aromatic N) is 3. The Bertz CT molecular complexity index is 1110. The van der Waals surface area contributed by atoms with Crippen molar-refractivity contribution in [3.8, 4) is 5.75 Å². The smallest absolute Gasteiger partial charge is 0.248 e. The number of rotatable bonds is 8. The van der Waals surface area contributed by atoms with Crippen molar-refractivity contribution in [2.24, 2.45) is 5.73 Å². The Balaban J connectivity index is 1.67. The summed E-state index contributed by atoms with van der Waals surface area (Å²) >= 11 is 0. The Kier molecular flexibility index (Phi) is 5.99. The van der Waals surface area contributed by atoms with Gasteiger partial charge in [0.2, 0.25) is 11.9 Å². The topological polar surface area (TPSA) is 115 Å². The summed E-state index contributed by atoms with van der Waals surface area (Å²) < 4.78 is 7.65. The number of nitrogens with one attached hydrogen (secondary N) is 1. The molecule has 1 aromatic heterocycles. The number of hydrogen-bond acceptors (Lipinski definition) is 6. The lowest BCUT2D eigenvalue weighted by Crippen LogP contribution is -2.31. The number of aryl methyl sites for hydroxylation is 1. The number of nitrogens with two attached hydrogens (primary N) is 1. The average Bonchev–Trinajstić information content (AvgIpc) is 3.18. The second-order valence-corrected chi connectivity index (χ2v) is 7.40. The summed E-state index contributed by atoms with van der Waals surface area (Å²) in [5.74, 6) is 1.29. The second-order valence-electron chi connectivity index (χ2n) is 7.40. The molecule has 3 aromatic rings. The highest BCUT2D eigenvalue weighted by Gasteiger charge is 2.33. The van der Waals surface area contributed by atoms with Gasteiger partial charge in [0.05, 0.1) is 5.57 Å². The van der Waals surface area contributed by atoms with Gasteiger partial charge in [-0.25, -0.2) is 4.68 Å². The molecule has 8 nitrogen and oxygen atoms in total. The number of carbonyl (C=O) groups excluding carboxylic acids is 1. The van der Waals surface area contributed by atoms with Crippen LogP contribution >= 0.6 is 0 Å². The lowest BCUT2D eigenvalue weighted by molar-refractivity contribution is -0.115. The third kappa shape index (κ3) is 4.44. The minimum Gasteiger partial charge on any atom is -0.489 e. The molecular formula is C23H25N5O3. The van der Waals surface area contributed by atoms with Crippen molar-refractivity contribution < 1.29 is 14.6 Å². The first-order chi connectivity index (χ1) is 15.1. The van der Waals surface area contributed by atoms with Crippen molar-refractivity contribution in [1.82, 2.24) is 14.8 Å². The van der Waals surface area contributed by atoms with Crippen LogP contribution in [0.5, 0.6) is 5.75 Å². The summed E-state index contributed by atoms with van der Waals surface area (Å²) in [6.45, 7) is 2.30. The molecule has 31 heavy (non-hydrogen) atoms. The summed E-state index contributed by atoms with van der Waals surface area (Å²) in [5, 5.41) is 16.8. The summed E-state index contributed by atoms with van der Waals surface area (Å²) in [6.07, 6.45) is 1.10. The minimum atomic E-state index is -0.524. The van der Waals surface area contributed by atoms with Crippen LogP contribution in [-0.4, -0.2) is 32.4 Å². The van der Waals surface area contributed by atoms with Gasteiger partial charge in [0.25, 0.3) is 0 Å². The number of amides is 1. The Morgan fingerprint density at radius 1 is 1.23 bits per heavy atom. The summed E-state index contributed by atoms with van der Waals surface area (Å²) in [4.78, 5) is 16.9. The van der Waals surface area contributed by atoms with Crippen LogP contribution in [0, 0.1) is 0 Å². The molecule has 2 aromatic carbocycles. The quantitative estimate of drug-likeness (QED) is 0.517. The summed E-state index contributed by atoms with van der Waals surface area (Å²) in [5.41, 5.74) is 8.69. The predicted molar refractivity (Wildman–Crippen MR) is 116 cm³/mol. The first kappa shape index (κ1) is 20.6. The van der Waals surface area contributed by atoms with Gasteiger partial charge in [-0.3, -0.25) is 4.79 Å². The molecule has 1 unspecified atom stereocenters. The highest BCUT2D eigenvalue weighted by atomic mass is 16.5. The molecule has 8 heteroatoms. The van der Waals surface area contributed by atoms with Gasteiger partial charge in [-0.2, -0.15) is 10.1 Å². The normalized spacial score (nSPS) is 15.4. The number of allylic oxidation sites excluding steroid dienone is 1. The molecule has 4 rings (SSSR count). The van der Waals surface area contributed by atoms with Gasteiger partial charge in [-0.15, -0.1) is 0 Å². The number of aliphatic hydroxyl groups excluding tert-OH is 1. The second kappa shape index (κ2) is 9.01. The van der Waals surface area contributed by atoms with Gasteiger partial charge in [-0.05, 0) is 36.6 Å². The van der Waals surface area contributed by atoms with E-state index in [1.54, 1.807) is 11.6 Å². The molecule has 2 heterocycles. The number of carbonyl (C=O) groups is 1. The Hall–Kier alpha value is -3.65. The zero-order valence-electron chi connectivity index (χ0n) is 17.3. The Morgan fingerprint density at radius 2 is 2.03 bits per heavy atom. The van der Waals surface area contributed by atoms with Gasteiger partial charge >= 0.3 is 0 Å². The van der Waals surface area contributed by atoms with Crippen molar-refractivity contribution in [3.63, 3.8) is 0 Å². The van der Waals surface area contributed by atoms with E-state index in [-0.39, 0.29) is 6.61 Å². The van der Waals surface area contributed by atoms with Gasteiger partial charge in [-0.1, -0.05) is 42.5 Å². The van der Waals surface area contributed by atoms with E-state index in [4.69, 9.17) is 15.6 Å². The zero-order chi connectivity index (χ0) is 21.8. The standard InChI is InChI=1S/C23H25N5O3/c1-15-20(22(24)30)21(28-23(25-15)26-19(27-28)11-6-12-29)17-9-5-10-18(13-17)31-14-16-7-3-2-4-8-16/h2-5,7-10,13,21,29H,6,11-12,14H2,1H3,(H2,24,30)(H,25,26,27). The number of hydrogen-bond donors (Lipinski definition) is 3. The van der Waals surface area contributed by atoms with E-state index in [1.807, 2.05) is 54.6 Å². The fourth-order valence-electron chi connectivity index (χ4n) is 3.68. The highest BCUT2D eigenvalue weighted by Crippen LogP contribution is 2.36. The lowest BCUT2D eigenvalue weighted by Gasteiger charge is -2.28. The largest absolute Gasteiger partial charge is 0.489 e. The third-order valence-electron chi connectivity index (χ3n) is 5.14. The minimum absolute atomic E-state index is 0.0609. The number of anilines is 1. The number of primary amides is 1. The molecule has 0 saturated carbocycles. The maximum absolute atomic E-state index is 12.3. The van der Waals surface area contributed by atoms with Crippen molar-refractivity contribution >= 4 is 11.9 Å². The maximum Gasteiger partial charge on any atom is 0.248 e. The summed E-state index contributed by atoms with van der Waals surface area (Å²) in [6, 6.07) is 17.0. The van der Waals surface area contributed by atoms with Crippen LogP contribution in [0.1, 0.15) is 36.3 Å². The van der Waals surface area contributed by atoms with Crippen LogP contribution in [-0.2, 0) is 17.8 Å². The van der Waals surface area contributed by atoms with Crippen molar-refractivity contribution in [2.45, 2.75) is 32.4 Å². The SMILES string of the molecule is CC1=C(C(N)=O)C(c2cccc(OCc3ccccc3)c2)n2nc(CCCO)nc2N1. The molecule has 4 N–H and O–H groups in total. The van der Waals surface area contributed by atoms with Crippen LogP contribution in [0.2, 0.25) is 0 Å². The van der Waals surface area contributed by atoms with Crippen molar-refractivity contribution in [2.75, 3.05) is 11.9 Å². The number of aliphatic hydroxyl groups is 1. The van der Waals surface area contributed by atoms with E-state index in [0.29, 0.717) is 48.2 Å². The van der Waals surface area contributed by atoms with Crippen LogP contribution < -0.4 is 15.8 Å². The third-order valence-corrected chi connectivity index (χ3v) is 5.14. The zero-order valence-corrected chi connectivity index (χ0v) is 17.3. The molecule has 0 bridgehead atoms. The van der Waals surface area contributed by atoms with Gasteiger partial charge < -0.3 is 20.9 Å². The first-order valence-corrected chi connectivity index (χ1v) is 10.2. The number of aromatic nitrogens is 3. The van der Waals surface area contributed by atoms with E-state index in [0.717, 1.165) is 11.1 Å². The van der Waals surface area contributed by atoms with Crippen LogP contribution in [0.4, 0.5) is 5.95 Å². The lowest BCUT2D eigenvalue weighted by atomic mass is 9.95. The summed E-state index contributed by atoms with van der Waals surface area (Å²) in [7, 11) is 0. The molecule has 1 atom stereocenters. The molecule has 160 valence electrons. The number of ether oxygens (including phenoxy) is 1. The van der Waals surface area contributed by atoms with E-state index in [2.05, 4.69) is 15.4 Å². The number of benzene rings is 2. The fraction of sp³-hybridized carbons (Fsp3) is 0.261. The molecule has 0 radical (unpaired) electrons. The Morgan fingerprint density at radius 3 is 2.77 bits per heavy atom. The molecule has 0 aliphatic carbocycles. The monoisotopic (exact) mass is 419 g/mol. The van der Waals surface area contributed by atoms with Gasteiger partial charge in [0, 0.05) is 18.7 Å². The van der Waals surface area contributed by atoms with E-state index < -0.39 is 11.9 Å². The van der Waals surface area contributed by atoms with Crippen molar-refractivity contribution in [1.29, 1.82) is 0 Å². The molecule has 0 fully saturated rings. The maximum atomic E-state index is 12.3. The highest BCUT2D eigenvalue weighted by molar-refractivity contribution is 5.95. The first-order valence-electron chi connectivity index (χ1n) is 10.2. The predicted octanol–water partition coefficient (Wildman–Crippen LogP) is 2.56. The Labute approximate surface area is 180 Å². The molecule has 0 spiro atoms. The van der Waals surface area contributed by atoms with E-state index >= 15 is 0 Å². The van der Waals surface area contributed by atoms with Gasteiger partial charge in [0.15, 0.2) is 5.82 Å². The number of fused-ring (bicyclic) bond motifs is 1.